The summed E-state index contributed by atoms with van der Waals surface area (Å²) in [6.45, 7) is 4.14. The quantitative estimate of drug-likeness (QED) is 0.921. The van der Waals surface area contributed by atoms with E-state index in [1.165, 1.54) is 11.3 Å². The average molecular weight is 306 g/mol. The first-order valence-electron chi connectivity index (χ1n) is 7.06. The number of hydrogen-bond donors (Lipinski definition) is 1. The first kappa shape index (κ1) is 14.3. The summed E-state index contributed by atoms with van der Waals surface area (Å²) < 4.78 is 10.8. The van der Waals surface area contributed by atoms with Crippen LogP contribution in [0, 0.1) is 12.8 Å². The fourth-order valence-corrected chi connectivity index (χ4v) is 3.06. The van der Waals surface area contributed by atoms with Crippen LogP contribution in [0.1, 0.15) is 17.9 Å². The van der Waals surface area contributed by atoms with Crippen LogP contribution in [0.3, 0.4) is 0 Å². The Morgan fingerprint density at radius 3 is 3.14 bits per heavy atom. The van der Waals surface area contributed by atoms with E-state index in [0.717, 1.165) is 41.9 Å². The lowest BCUT2D eigenvalue weighted by Gasteiger charge is -2.08. The van der Waals surface area contributed by atoms with Gasteiger partial charge >= 0.3 is 0 Å². The average Bonchev–Trinajstić information content (AvgIpc) is 3.17. The molecule has 2 aromatic heterocycles. The van der Waals surface area contributed by atoms with Crippen molar-refractivity contribution in [2.24, 2.45) is 5.92 Å². The summed E-state index contributed by atoms with van der Waals surface area (Å²) in [4.78, 5) is 16.4. The number of nitrogens with one attached hydrogen (secondary N) is 1. The second kappa shape index (κ2) is 6.41. The minimum Gasteiger partial charge on any atom is -0.459 e. The Kier molecular flexibility index (Phi) is 4.36. The Hall–Kier alpha value is -1.66. The van der Waals surface area contributed by atoms with Crippen molar-refractivity contribution >= 4 is 17.2 Å². The van der Waals surface area contributed by atoms with Gasteiger partial charge in [-0.05, 0) is 25.5 Å². The van der Waals surface area contributed by atoms with Crippen molar-refractivity contribution < 1.29 is 13.9 Å². The lowest BCUT2D eigenvalue weighted by Crippen LogP contribution is -2.30. The maximum atomic E-state index is 11.9. The maximum absolute atomic E-state index is 11.9. The van der Waals surface area contributed by atoms with Gasteiger partial charge in [0, 0.05) is 24.4 Å². The number of nitrogens with zero attached hydrogens (tertiary/aromatic N) is 1. The molecule has 0 bridgehead atoms. The van der Waals surface area contributed by atoms with E-state index in [-0.39, 0.29) is 5.91 Å². The van der Waals surface area contributed by atoms with Crippen LogP contribution in [-0.4, -0.2) is 30.6 Å². The summed E-state index contributed by atoms with van der Waals surface area (Å²) >= 11 is 1.50. The van der Waals surface area contributed by atoms with Gasteiger partial charge in [0.05, 0.1) is 18.7 Å². The molecule has 0 radical (unpaired) electrons. The van der Waals surface area contributed by atoms with Gasteiger partial charge in [0.2, 0.25) is 5.91 Å². The minimum atomic E-state index is 0.00868. The van der Waals surface area contributed by atoms with Crippen molar-refractivity contribution in [3.63, 3.8) is 0 Å². The molecule has 1 aliphatic heterocycles. The molecule has 1 aliphatic rings. The predicted molar refractivity (Wildman–Crippen MR) is 80.2 cm³/mol. The molecule has 21 heavy (non-hydrogen) atoms. The molecule has 1 saturated heterocycles. The molecule has 112 valence electrons. The first-order chi connectivity index (χ1) is 10.2. The van der Waals surface area contributed by atoms with Crippen molar-refractivity contribution in [3.8, 4) is 10.8 Å². The minimum absolute atomic E-state index is 0.00868. The Bertz CT molecular complexity index is 614. The number of thiazole rings is 1. The van der Waals surface area contributed by atoms with E-state index in [9.17, 15) is 4.79 Å². The van der Waals surface area contributed by atoms with Crippen LogP contribution in [-0.2, 0) is 16.0 Å². The van der Waals surface area contributed by atoms with Gasteiger partial charge in [-0.15, -0.1) is 11.3 Å². The summed E-state index contributed by atoms with van der Waals surface area (Å²) in [5.41, 5.74) is 0.782. The van der Waals surface area contributed by atoms with E-state index in [4.69, 9.17) is 9.15 Å². The molecule has 1 N–H and O–H groups in total. The molecule has 0 aromatic carbocycles. The third-order valence-corrected chi connectivity index (χ3v) is 4.36. The Morgan fingerprint density at radius 2 is 2.43 bits per heavy atom. The van der Waals surface area contributed by atoms with E-state index >= 15 is 0 Å². The number of aromatic nitrogens is 1. The molecule has 0 saturated carbocycles. The van der Waals surface area contributed by atoms with Gasteiger partial charge in [-0.25, -0.2) is 4.98 Å². The highest BCUT2D eigenvalue weighted by molar-refractivity contribution is 7.13. The number of furan rings is 1. The molecule has 5 nitrogen and oxygen atoms in total. The summed E-state index contributed by atoms with van der Waals surface area (Å²) in [6.07, 6.45) is 1.34. The molecule has 1 atom stereocenters. The van der Waals surface area contributed by atoms with Crippen LogP contribution in [0.5, 0.6) is 0 Å². The maximum Gasteiger partial charge on any atom is 0.226 e. The molecule has 0 unspecified atom stereocenters. The van der Waals surface area contributed by atoms with E-state index in [2.05, 4.69) is 10.3 Å². The lowest BCUT2D eigenvalue weighted by molar-refractivity contribution is -0.120. The van der Waals surface area contributed by atoms with Crippen molar-refractivity contribution in [1.82, 2.24) is 10.3 Å². The van der Waals surface area contributed by atoms with Crippen LogP contribution >= 0.6 is 11.3 Å². The number of ether oxygens (including phenoxy) is 1. The second-order valence-electron chi connectivity index (χ2n) is 5.26. The number of carbonyl (C=O) groups excluding carboxylic acids is 1. The molecule has 3 heterocycles. The summed E-state index contributed by atoms with van der Waals surface area (Å²) in [5.74, 6) is 2.07. The van der Waals surface area contributed by atoms with Crippen molar-refractivity contribution in [2.75, 3.05) is 19.8 Å². The largest absolute Gasteiger partial charge is 0.459 e. The molecule has 6 heteroatoms. The number of carbonyl (C=O) groups is 1. The third kappa shape index (κ3) is 3.71. The second-order valence-corrected chi connectivity index (χ2v) is 6.12. The van der Waals surface area contributed by atoms with Gasteiger partial charge in [0.15, 0.2) is 10.8 Å². The Morgan fingerprint density at radius 1 is 1.52 bits per heavy atom. The Balaban J connectivity index is 1.53. The standard InChI is InChI=1S/C15H18N2O3S/c1-10-2-3-13(20-10)15-17-12(9-21-15)6-14(18)16-7-11-4-5-19-8-11/h2-3,9,11H,4-8H2,1H3,(H,16,18)/t11-/m0/s1. The van der Waals surface area contributed by atoms with Crippen LogP contribution in [0.2, 0.25) is 0 Å². The van der Waals surface area contributed by atoms with Crippen molar-refractivity contribution in [2.45, 2.75) is 19.8 Å². The topological polar surface area (TPSA) is 64.4 Å². The molecule has 0 aliphatic carbocycles. The van der Waals surface area contributed by atoms with Crippen LogP contribution < -0.4 is 5.32 Å². The van der Waals surface area contributed by atoms with Gasteiger partial charge in [-0.1, -0.05) is 0 Å². The number of amides is 1. The number of rotatable bonds is 5. The summed E-state index contributed by atoms with van der Waals surface area (Å²) in [5, 5.41) is 5.67. The fourth-order valence-electron chi connectivity index (χ4n) is 2.28. The SMILES string of the molecule is Cc1ccc(-c2nc(CC(=O)NC[C@@H]3CCOC3)cs2)o1. The Labute approximate surface area is 127 Å². The molecule has 0 spiro atoms. The zero-order chi connectivity index (χ0) is 14.7. The van der Waals surface area contributed by atoms with Gasteiger partial charge in [0.25, 0.3) is 0 Å². The third-order valence-electron chi connectivity index (χ3n) is 3.46. The predicted octanol–water partition coefficient (Wildman–Crippen LogP) is 2.41. The summed E-state index contributed by atoms with van der Waals surface area (Å²) in [6, 6.07) is 3.81. The highest BCUT2D eigenvalue weighted by Crippen LogP contribution is 2.25. The van der Waals surface area contributed by atoms with Crippen molar-refractivity contribution in [1.29, 1.82) is 0 Å². The lowest BCUT2D eigenvalue weighted by atomic mass is 10.1. The van der Waals surface area contributed by atoms with E-state index in [1.807, 2.05) is 24.4 Å². The van der Waals surface area contributed by atoms with Gasteiger partial charge in [-0.3, -0.25) is 4.79 Å². The van der Waals surface area contributed by atoms with Gasteiger partial charge < -0.3 is 14.5 Å². The van der Waals surface area contributed by atoms with E-state index in [1.54, 1.807) is 0 Å². The van der Waals surface area contributed by atoms with Gasteiger partial charge in [-0.2, -0.15) is 0 Å². The van der Waals surface area contributed by atoms with Crippen LogP contribution in [0.15, 0.2) is 21.9 Å². The molecular formula is C15H18N2O3S. The van der Waals surface area contributed by atoms with E-state index in [0.29, 0.717) is 18.9 Å². The molecule has 1 fully saturated rings. The normalized spacial score (nSPS) is 18.0. The van der Waals surface area contributed by atoms with Crippen LogP contribution in [0.25, 0.3) is 10.8 Å². The first-order valence-corrected chi connectivity index (χ1v) is 7.94. The van der Waals surface area contributed by atoms with Crippen molar-refractivity contribution in [3.05, 3.63) is 29.0 Å². The number of hydrogen-bond acceptors (Lipinski definition) is 5. The monoisotopic (exact) mass is 306 g/mol. The van der Waals surface area contributed by atoms with E-state index < -0.39 is 0 Å². The van der Waals surface area contributed by atoms with Gasteiger partial charge in [0.1, 0.15) is 5.76 Å². The molecular weight excluding hydrogens is 288 g/mol. The smallest absolute Gasteiger partial charge is 0.226 e. The zero-order valence-electron chi connectivity index (χ0n) is 11.9. The zero-order valence-corrected chi connectivity index (χ0v) is 12.7. The molecule has 3 rings (SSSR count). The highest BCUT2D eigenvalue weighted by Gasteiger charge is 2.17. The fraction of sp³-hybridized carbons (Fsp3) is 0.467. The molecule has 2 aromatic rings. The summed E-state index contributed by atoms with van der Waals surface area (Å²) in [7, 11) is 0. The molecule has 1 amide bonds. The highest BCUT2D eigenvalue weighted by atomic mass is 32.1. The van der Waals surface area contributed by atoms with Crippen LogP contribution in [0.4, 0.5) is 0 Å². The number of aryl methyl sites for hydroxylation is 1.